The summed E-state index contributed by atoms with van der Waals surface area (Å²) in [5, 5.41) is 0.373. The first-order chi connectivity index (χ1) is 8.72. The van der Waals surface area contributed by atoms with E-state index in [1.807, 2.05) is 16.7 Å². The lowest BCUT2D eigenvalue weighted by molar-refractivity contribution is 0.0602. The third kappa shape index (κ3) is 1.60. The van der Waals surface area contributed by atoms with Gasteiger partial charge in [-0.05, 0) is 25.0 Å². The van der Waals surface area contributed by atoms with Crippen LogP contribution in [-0.4, -0.2) is 22.5 Å². The number of imidazole rings is 1. The van der Waals surface area contributed by atoms with Crippen molar-refractivity contribution in [2.24, 2.45) is 0 Å². The summed E-state index contributed by atoms with van der Waals surface area (Å²) in [5.41, 5.74) is 1.11. The van der Waals surface area contributed by atoms with Gasteiger partial charge in [0, 0.05) is 12.1 Å². The molecule has 1 fully saturated rings. The Balaban J connectivity index is 2.22. The SMILES string of the molecule is COC(=O)c1cccn2c(C3CCC3)nc(Cl)c12. The summed E-state index contributed by atoms with van der Waals surface area (Å²) in [7, 11) is 1.36. The van der Waals surface area contributed by atoms with Gasteiger partial charge in [0.2, 0.25) is 0 Å². The molecule has 0 saturated heterocycles. The third-order valence-corrected chi connectivity index (χ3v) is 3.79. The van der Waals surface area contributed by atoms with Crippen LogP contribution in [0.15, 0.2) is 18.3 Å². The van der Waals surface area contributed by atoms with E-state index in [-0.39, 0.29) is 5.97 Å². The first kappa shape index (κ1) is 11.5. The zero-order chi connectivity index (χ0) is 12.7. The van der Waals surface area contributed by atoms with Crippen molar-refractivity contribution in [2.75, 3.05) is 7.11 Å². The Bertz CT molecular complexity index is 617. The maximum Gasteiger partial charge on any atom is 0.340 e. The number of carbonyl (C=O) groups is 1. The maximum atomic E-state index is 11.7. The van der Waals surface area contributed by atoms with Gasteiger partial charge in [0.25, 0.3) is 0 Å². The molecule has 2 heterocycles. The Hall–Kier alpha value is -1.55. The first-order valence-corrected chi connectivity index (χ1v) is 6.35. The van der Waals surface area contributed by atoms with Crippen molar-refractivity contribution in [1.29, 1.82) is 0 Å². The molecule has 0 bridgehead atoms. The fraction of sp³-hybridized carbons (Fsp3) is 0.385. The van der Waals surface area contributed by atoms with E-state index in [0.717, 1.165) is 18.7 Å². The van der Waals surface area contributed by atoms with Gasteiger partial charge >= 0.3 is 5.97 Å². The average molecular weight is 265 g/mol. The summed E-state index contributed by atoms with van der Waals surface area (Å²) in [4.78, 5) is 16.1. The number of hydrogen-bond acceptors (Lipinski definition) is 3. The number of halogens is 1. The van der Waals surface area contributed by atoms with Crippen LogP contribution in [0.2, 0.25) is 5.15 Å². The van der Waals surface area contributed by atoms with Crippen LogP contribution >= 0.6 is 11.6 Å². The zero-order valence-electron chi connectivity index (χ0n) is 10.0. The highest BCUT2D eigenvalue weighted by Gasteiger charge is 2.26. The van der Waals surface area contributed by atoms with E-state index in [1.165, 1.54) is 13.5 Å². The Labute approximate surface area is 110 Å². The van der Waals surface area contributed by atoms with Crippen molar-refractivity contribution >= 4 is 23.1 Å². The number of hydrogen-bond donors (Lipinski definition) is 0. The molecule has 0 unspecified atom stereocenters. The maximum absolute atomic E-state index is 11.7. The first-order valence-electron chi connectivity index (χ1n) is 5.97. The molecule has 5 heteroatoms. The van der Waals surface area contributed by atoms with Crippen LogP contribution in [0.4, 0.5) is 0 Å². The Morgan fingerprint density at radius 3 is 2.94 bits per heavy atom. The highest BCUT2D eigenvalue weighted by Crippen LogP contribution is 2.37. The smallest absolute Gasteiger partial charge is 0.340 e. The third-order valence-electron chi connectivity index (χ3n) is 3.52. The predicted molar refractivity (Wildman–Crippen MR) is 68.1 cm³/mol. The second kappa shape index (κ2) is 4.28. The van der Waals surface area contributed by atoms with E-state index in [4.69, 9.17) is 16.3 Å². The van der Waals surface area contributed by atoms with Crippen molar-refractivity contribution < 1.29 is 9.53 Å². The zero-order valence-corrected chi connectivity index (χ0v) is 10.8. The molecule has 94 valence electrons. The van der Waals surface area contributed by atoms with Crippen molar-refractivity contribution in [3.63, 3.8) is 0 Å². The molecule has 0 atom stereocenters. The summed E-state index contributed by atoms with van der Waals surface area (Å²) in [6.07, 6.45) is 5.40. The summed E-state index contributed by atoms with van der Waals surface area (Å²) in [6, 6.07) is 3.53. The van der Waals surface area contributed by atoms with Gasteiger partial charge in [0.05, 0.1) is 18.2 Å². The van der Waals surface area contributed by atoms with Gasteiger partial charge in [-0.2, -0.15) is 0 Å². The standard InChI is InChI=1S/C13H13ClN2O2/c1-18-13(17)9-6-3-7-16-10(9)11(14)15-12(16)8-4-2-5-8/h3,6-8H,2,4-5H2,1H3. The fourth-order valence-electron chi connectivity index (χ4n) is 2.35. The molecule has 0 amide bonds. The molecule has 0 spiro atoms. The van der Waals surface area contributed by atoms with E-state index in [0.29, 0.717) is 22.2 Å². The number of nitrogens with zero attached hydrogens (tertiary/aromatic N) is 2. The highest BCUT2D eigenvalue weighted by molar-refractivity contribution is 6.33. The molecule has 0 radical (unpaired) electrons. The monoisotopic (exact) mass is 264 g/mol. The van der Waals surface area contributed by atoms with Gasteiger partial charge in [-0.25, -0.2) is 9.78 Å². The van der Waals surface area contributed by atoms with Gasteiger partial charge in [-0.3, -0.25) is 0 Å². The molecule has 4 nitrogen and oxygen atoms in total. The van der Waals surface area contributed by atoms with Crippen molar-refractivity contribution in [3.05, 3.63) is 34.9 Å². The average Bonchev–Trinajstić information content (AvgIpc) is 2.64. The van der Waals surface area contributed by atoms with E-state index < -0.39 is 0 Å². The lowest BCUT2D eigenvalue weighted by Crippen LogP contribution is -2.13. The van der Waals surface area contributed by atoms with Crippen molar-refractivity contribution in [1.82, 2.24) is 9.38 Å². The van der Waals surface area contributed by atoms with Gasteiger partial charge in [0.1, 0.15) is 5.82 Å². The topological polar surface area (TPSA) is 43.6 Å². The quantitative estimate of drug-likeness (QED) is 0.783. The summed E-state index contributed by atoms with van der Waals surface area (Å²) in [5.74, 6) is 1.02. The molecule has 2 aromatic rings. The minimum Gasteiger partial charge on any atom is -0.465 e. The Morgan fingerprint density at radius 1 is 1.56 bits per heavy atom. The van der Waals surface area contributed by atoms with E-state index in [9.17, 15) is 4.79 Å². The number of fused-ring (bicyclic) bond motifs is 1. The Morgan fingerprint density at radius 2 is 2.33 bits per heavy atom. The van der Waals surface area contributed by atoms with Crippen LogP contribution in [0.25, 0.3) is 5.52 Å². The summed E-state index contributed by atoms with van der Waals surface area (Å²) < 4.78 is 6.69. The minimum absolute atomic E-state index is 0.373. The largest absolute Gasteiger partial charge is 0.465 e. The minimum atomic E-state index is -0.387. The van der Waals surface area contributed by atoms with E-state index in [2.05, 4.69) is 4.98 Å². The number of esters is 1. The molecule has 1 saturated carbocycles. The number of methoxy groups -OCH3 is 1. The fourth-order valence-corrected chi connectivity index (χ4v) is 2.63. The van der Waals surface area contributed by atoms with Crippen LogP contribution < -0.4 is 0 Å². The van der Waals surface area contributed by atoms with Crippen LogP contribution in [-0.2, 0) is 4.74 Å². The number of rotatable bonds is 2. The van der Waals surface area contributed by atoms with Crippen LogP contribution in [0.1, 0.15) is 41.4 Å². The Kier molecular flexibility index (Phi) is 2.74. The van der Waals surface area contributed by atoms with Gasteiger partial charge in [0.15, 0.2) is 5.15 Å². The van der Waals surface area contributed by atoms with Crippen LogP contribution in [0.3, 0.4) is 0 Å². The number of ether oxygens (including phenoxy) is 1. The second-order valence-corrected chi connectivity index (χ2v) is 4.88. The molecule has 3 rings (SSSR count). The normalized spacial score (nSPS) is 15.7. The molecule has 1 aliphatic rings. The second-order valence-electron chi connectivity index (χ2n) is 4.52. The molecule has 1 aliphatic carbocycles. The van der Waals surface area contributed by atoms with Crippen LogP contribution in [0, 0.1) is 0 Å². The van der Waals surface area contributed by atoms with Crippen molar-refractivity contribution in [2.45, 2.75) is 25.2 Å². The predicted octanol–water partition coefficient (Wildman–Crippen LogP) is 3.04. The summed E-state index contributed by atoms with van der Waals surface area (Å²) >= 11 is 6.17. The number of carbonyl (C=O) groups excluding carboxylic acids is 1. The van der Waals surface area contributed by atoms with E-state index >= 15 is 0 Å². The van der Waals surface area contributed by atoms with Gasteiger partial charge in [-0.1, -0.05) is 18.0 Å². The van der Waals surface area contributed by atoms with Gasteiger partial charge < -0.3 is 9.14 Å². The van der Waals surface area contributed by atoms with E-state index in [1.54, 1.807) is 6.07 Å². The van der Waals surface area contributed by atoms with Gasteiger partial charge in [-0.15, -0.1) is 0 Å². The van der Waals surface area contributed by atoms with Crippen molar-refractivity contribution in [3.8, 4) is 0 Å². The molecule has 0 aromatic carbocycles. The molecular weight excluding hydrogens is 252 g/mol. The molecule has 0 N–H and O–H groups in total. The van der Waals surface area contributed by atoms with Crippen LogP contribution in [0.5, 0.6) is 0 Å². The molecule has 0 aliphatic heterocycles. The molecular formula is C13H13ClN2O2. The number of pyridine rings is 1. The lowest BCUT2D eigenvalue weighted by Gasteiger charge is -2.23. The molecule has 2 aromatic heterocycles. The highest BCUT2D eigenvalue weighted by atomic mass is 35.5. The lowest BCUT2D eigenvalue weighted by atomic mass is 9.85. The molecule has 18 heavy (non-hydrogen) atoms. The number of aromatic nitrogens is 2. The summed E-state index contributed by atoms with van der Waals surface area (Å²) in [6.45, 7) is 0.